The van der Waals surface area contributed by atoms with Crippen LogP contribution in [-0.2, 0) is 4.74 Å². The van der Waals surface area contributed by atoms with Crippen molar-refractivity contribution in [2.45, 2.75) is 13.0 Å². The Bertz CT molecular complexity index is 415. The van der Waals surface area contributed by atoms with Gasteiger partial charge < -0.3 is 9.84 Å². The lowest BCUT2D eigenvalue weighted by molar-refractivity contribution is 0.0599. The Kier molecular flexibility index (Phi) is 3.48. The minimum Gasteiger partial charge on any atom is -0.465 e. The van der Waals surface area contributed by atoms with Crippen molar-refractivity contribution in [1.29, 1.82) is 0 Å². The molecule has 1 aromatic carbocycles. The van der Waals surface area contributed by atoms with Crippen molar-refractivity contribution >= 4 is 5.97 Å². The molecule has 1 N–H and O–H groups in total. The van der Waals surface area contributed by atoms with Crippen molar-refractivity contribution in [2.75, 3.05) is 7.11 Å². The van der Waals surface area contributed by atoms with E-state index in [1.165, 1.54) is 7.11 Å². The Balaban J connectivity index is 3.18. The van der Waals surface area contributed by atoms with Gasteiger partial charge in [0, 0.05) is 0 Å². The zero-order chi connectivity index (χ0) is 11.4. The summed E-state index contributed by atoms with van der Waals surface area (Å²) in [5, 5.41) is 9.41. The lowest BCUT2D eigenvalue weighted by Crippen LogP contribution is -2.05. The summed E-state index contributed by atoms with van der Waals surface area (Å²) >= 11 is 0. The van der Waals surface area contributed by atoms with Crippen molar-refractivity contribution in [3.8, 4) is 12.3 Å². The van der Waals surface area contributed by atoms with Gasteiger partial charge in [-0.3, -0.25) is 0 Å². The molecule has 1 aromatic rings. The number of carbonyl (C=O) groups excluding carboxylic acids is 1. The Labute approximate surface area is 88.7 Å². The van der Waals surface area contributed by atoms with E-state index in [1.54, 1.807) is 25.1 Å². The minimum absolute atomic E-state index is 0.421. The van der Waals surface area contributed by atoms with E-state index in [0.29, 0.717) is 11.1 Å². The summed E-state index contributed by atoms with van der Waals surface area (Å²) in [6.07, 6.45) is 4.09. The fourth-order valence-corrected chi connectivity index (χ4v) is 1.24. The second kappa shape index (κ2) is 4.63. The number of ether oxygens (including phenoxy) is 1. The van der Waals surface area contributed by atoms with Crippen LogP contribution < -0.4 is 0 Å². The summed E-state index contributed by atoms with van der Waals surface area (Å²) in [4.78, 5) is 11.3. The maximum atomic E-state index is 11.3. The molecule has 0 saturated heterocycles. The predicted octanol–water partition coefficient (Wildman–Crippen LogP) is 1.45. The topological polar surface area (TPSA) is 46.5 Å². The molecule has 3 heteroatoms. The monoisotopic (exact) mass is 204 g/mol. The fourth-order valence-electron chi connectivity index (χ4n) is 1.24. The summed E-state index contributed by atoms with van der Waals surface area (Å²) in [6.45, 7) is 1.79. The normalized spacial score (nSPS) is 11.6. The highest BCUT2D eigenvalue weighted by Crippen LogP contribution is 2.17. The minimum atomic E-state index is -0.992. The number of aryl methyl sites for hydroxylation is 1. The molecular weight excluding hydrogens is 192 g/mol. The number of rotatable bonds is 2. The van der Waals surface area contributed by atoms with Gasteiger partial charge in [0.05, 0.1) is 12.7 Å². The van der Waals surface area contributed by atoms with Crippen LogP contribution in [0, 0.1) is 19.3 Å². The van der Waals surface area contributed by atoms with Gasteiger partial charge in [-0.25, -0.2) is 4.79 Å². The van der Waals surface area contributed by atoms with Gasteiger partial charge in [0.25, 0.3) is 0 Å². The molecule has 0 bridgehead atoms. The number of aliphatic hydroxyl groups is 1. The van der Waals surface area contributed by atoms with Crippen molar-refractivity contribution in [3.63, 3.8) is 0 Å². The molecule has 0 aliphatic carbocycles. The number of terminal acetylenes is 1. The largest absolute Gasteiger partial charge is 0.465 e. The standard InChI is InChI=1S/C12H12O3/c1-4-11(13)9-6-5-8(2)10(7-9)12(14)15-3/h1,5-7,11,13H,2-3H3. The van der Waals surface area contributed by atoms with Gasteiger partial charge in [-0.1, -0.05) is 18.1 Å². The van der Waals surface area contributed by atoms with Crippen LogP contribution in [0.15, 0.2) is 18.2 Å². The zero-order valence-electron chi connectivity index (χ0n) is 8.65. The number of benzene rings is 1. The van der Waals surface area contributed by atoms with E-state index in [0.717, 1.165) is 5.56 Å². The second-order valence-electron chi connectivity index (χ2n) is 3.14. The van der Waals surface area contributed by atoms with Gasteiger partial charge >= 0.3 is 5.97 Å². The van der Waals surface area contributed by atoms with Crippen LogP contribution >= 0.6 is 0 Å². The van der Waals surface area contributed by atoms with Gasteiger partial charge in [0.15, 0.2) is 0 Å². The van der Waals surface area contributed by atoms with E-state index < -0.39 is 12.1 Å². The van der Waals surface area contributed by atoms with Crippen LogP contribution in [0.25, 0.3) is 0 Å². The molecule has 0 amide bonds. The molecule has 1 unspecified atom stereocenters. The van der Waals surface area contributed by atoms with Crippen LogP contribution in [0.1, 0.15) is 27.6 Å². The lowest BCUT2D eigenvalue weighted by atomic mass is 10.0. The third-order valence-corrected chi connectivity index (χ3v) is 2.14. The average Bonchev–Trinajstić information content (AvgIpc) is 2.27. The summed E-state index contributed by atoms with van der Waals surface area (Å²) in [6, 6.07) is 4.96. The number of carbonyl (C=O) groups is 1. The molecule has 1 rings (SSSR count). The highest BCUT2D eigenvalue weighted by Gasteiger charge is 2.12. The molecule has 0 heterocycles. The molecule has 0 aliphatic heterocycles. The lowest BCUT2D eigenvalue weighted by Gasteiger charge is -2.08. The molecule has 3 nitrogen and oxygen atoms in total. The van der Waals surface area contributed by atoms with E-state index in [2.05, 4.69) is 10.7 Å². The van der Waals surface area contributed by atoms with E-state index in [4.69, 9.17) is 6.42 Å². The van der Waals surface area contributed by atoms with Crippen molar-refractivity contribution < 1.29 is 14.6 Å². The van der Waals surface area contributed by atoms with Crippen molar-refractivity contribution in [2.24, 2.45) is 0 Å². The van der Waals surface area contributed by atoms with Crippen LogP contribution in [0.4, 0.5) is 0 Å². The Morgan fingerprint density at radius 3 is 2.80 bits per heavy atom. The molecule has 0 spiro atoms. The first-order chi connectivity index (χ1) is 7.10. The Morgan fingerprint density at radius 2 is 2.27 bits per heavy atom. The summed E-state index contributed by atoms with van der Waals surface area (Å²) in [5.41, 5.74) is 1.72. The molecule has 0 aliphatic rings. The Morgan fingerprint density at radius 1 is 1.60 bits per heavy atom. The maximum absolute atomic E-state index is 11.3. The predicted molar refractivity (Wildman–Crippen MR) is 56.3 cm³/mol. The third kappa shape index (κ3) is 2.36. The highest BCUT2D eigenvalue weighted by atomic mass is 16.5. The molecule has 0 fully saturated rings. The fraction of sp³-hybridized carbons (Fsp3) is 0.250. The van der Waals surface area contributed by atoms with E-state index in [9.17, 15) is 9.90 Å². The van der Waals surface area contributed by atoms with Gasteiger partial charge in [0.2, 0.25) is 0 Å². The van der Waals surface area contributed by atoms with E-state index >= 15 is 0 Å². The first kappa shape index (κ1) is 11.3. The smallest absolute Gasteiger partial charge is 0.338 e. The summed E-state index contributed by atoms with van der Waals surface area (Å²) in [5.74, 6) is 1.76. The molecule has 0 aromatic heterocycles. The summed E-state index contributed by atoms with van der Waals surface area (Å²) < 4.78 is 4.61. The molecule has 78 valence electrons. The van der Waals surface area contributed by atoms with Gasteiger partial charge in [-0.15, -0.1) is 6.42 Å². The number of esters is 1. The number of hydrogen-bond acceptors (Lipinski definition) is 3. The second-order valence-corrected chi connectivity index (χ2v) is 3.14. The van der Waals surface area contributed by atoms with Crippen molar-refractivity contribution in [3.05, 3.63) is 34.9 Å². The first-order valence-corrected chi connectivity index (χ1v) is 4.43. The summed E-state index contributed by atoms with van der Waals surface area (Å²) in [7, 11) is 1.31. The number of aliphatic hydroxyl groups excluding tert-OH is 1. The maximum Gasteiger partial charge on any atom is 0.338 e. The average molecular weight is 204 g/mol. The Hall–Kier alpha value is -1.79. The molecule has 0 saturated carbocycles. The molecular formula is C12H12O3. The quantitative estimate of drug-likeness (QED) is 0.585. The highest BCUT2D eigenvalue weighted by molar-refractivity contribution is 5.91. The van der Waals surface area contributed by atoms with Crippen LogP contribution in [0.3, 0.4) is 0 Å². The van der Waals surface area contributed by atoms with Crippen LogP contribution in [0.5, 0.6) is 0 Å². The van der Waals surface area contributed by atoms with Crippen LogP contribution in [0.2, 0.25) is 0 Å². The van der Waals surface area contributed by atoms with Gasteiger partial charge in [-0.2, -0.15) is 0 Å². The molecule has 0 radical (unpaired) electrons. The van der Waals surface area contributed by atoms with Gasteiger partial charge in [-0.05, 0) is 24.1 Å². The van der Waals surface area contributed by atoms with E-state index in [1.807, 2.05) is 0 Å². The van der Waals surface area contributed by atoms with Crippen LogP contribution in [-0.4, -0.2) is 18.2 Å². The number of methoxy groups -OCH3 is 1. The van der Waals surface area contributed by atoms with Gasteiger partial charge in [0.1, 0.15) is 6.10 Å². The van der Waals surface area contributed by atoms with Crippen molar-refractivity contribution in [1.82, 2.24) is 0 Å². The molecule has 15 heavy (non-hydrogen) atoms. The number of hydrogen-bond donors (Lipinski definition) is 1. The first-order valence-electron chi connectivity index (χ1n) is 4.43. The zero-order valence-corrected chi connectivity index (χ0v) is 8.65. The molecule has 1 atom stereocenters. The third-order valence-electron chi connectivity index (χ3n) is 2.14. The van der Waals surface area contributed by atoms with E-state index in [-0.39, 0.29) is 0 Å². The SMILES string of the molecule is C#CC(O)c1ccc(C)c(C(=O)OC)c1.